The van der Waals surface area contributed by atoms with E-state index in [9.17, 15) is 8.78 Å². The van der Waals surface area contributed by atoms with Crippen molar-refractivity contribution in [1.82, 2.24) is 0 Å². The fourth-order valence-electron chi connectivity index (χ4n) is 2.03. The molecule has 1 nitrogen and oxygen atoms in total. The van der Waals surface area contributed by atoms with Crippen LogP contribution in [0.5, 0.6) is 0 Å². The normalized spacial score (nSPS) is 12.4. The molecule has 0 fully saturated rings. The average molecular weight is 316 g/mol. The van der Waals surface area contributed by atoms with Gasteiger partial charge >= 0.3 is 0 Å². The molecule has 0 amide bonds. The van der Waals surface area contributed by atoms with Crippen molar-refractivity contribution < 1.29 is 8.78 Å². The molecule has 0 aliphatic heterocycles. The largest absolute Gasteiger partial charge is 0.327 e. The summed E-state index contributed by atoms with van der Waals surface area (Å²) in [7, 11) is 0. The first-order chi connectivity index (χ1) is 9.47. The Morgan fingerprint density at radius 3 is 2.20 bits per heavy atom. The van der Waals surface area contributed by atoms with Gasteiger partial charge in [-0.25, -0.2) is 8.78 Å². The fraction of sp³-hybridized carbons (Fsp3) is 0.200. The van der Waals surface area contributed by atoms with E-state index in [1.165, 1.54) is 6.07 Å². The maximum absolute atomic E-state index is 13.1. The predicted octanol–water partition coefficient (Wildman–Crippen LogP) is 4.38. The van der Waals surface area contributed by atoms with Crippen molar-refractivity contribution in [3.8, 4) is 0 Å². The Morgan fingerprint density at radius 1 is 0.950 bits per heavy atom. The van der Waals surface area contributed by atoms with Gasteiger partial charge < -0.3 is 5.73 Å². The van der Waals surface area contributed by atoms with E-state index >= 15 is 0 Å². The predicted molar refractivity (Wildman–Crippen MR) is 78.2 cm³/mol. The van der Waals surface area contributed by atoms with E-state index in [0.29, 0.717) is 28.5 Å². The van der Waals surface area contributed by atoms with E-state index in [-0.39, 0.29) is 6.04 Å². The van der Waals surface area contributed by atoms with Gasteiger partial charge in [0.05, 0.1) is 0 Å². The van der Waals surface area contributed by atoms with Crippen molar-refractivity contribution in [2.24, 2.45) is 5.73 Å². The van der Waals surface area contributed by atoms with E-state index in [2.05, 4.69) is 0 Å². The van der Waals surface area contributed by atoms with Crippen LogP contribution in [-0.4, -0.2) is 6.04 Å². The van der Waals surface area contributed by atoms with Crippen molar-refractivity contribution in [1.29, 1.82) is 0 Å². The van der Waals surface area contributed by atoms with E-state index in [1.54, 1.807) is 18.2 Å². The van der Waals surface area contributed by atoms with Gasteiger partial charge in [0.1, 0.15) is 0 Å². The third kappa shape index (κ3) is 3.69. The fourth-order valence-corrected chi connectivity index (χ4v) is 2.58. The second-order valence-electron chi connectivity index (χ2n) is 4.62. The van der Waals surface area contributed by atoms with Crippen LogP contribution in [0.15, 0.2) is 36.4 Å². The Bertz CT molecular complexity index is 597. The number of hydrogen-bond donors (Lipinski definition) is 1. The molecule has 0 saturated carbocycles. The summed E-state index contributed by atoms with van der Waals surface area (Å²) in [6.45, 7) is 0. The first-order valence-electron chi connectivity index (χ1n) is 6.09. The standard InChI is InChI=1S/C15H13Cl2F2N/c16-12-2-1-3-13(17)11(12)8-10(20)6-9-4-5-14(18)15(19)7-9/h1-5,7,10H,6,8,20H2. The molecule has 1 atom stereocenters. The van der Waals surface area contributed by atoms with Gasteiger partial charge in [-0.1, -0.05) is 35.3 Å². The molecule has 2 aromatic carbocycles. The first kappa shape index (κ1) is 15.2. The average Bonchev–Trinajstić information content (AvgIpc) is 2.38. The topological polar surface area (TPSA) is 26.0 Å². The van der Waals surface area contributed by atoms with Crippen LogP contribution in [-0.2, 0) is 12.8 Å². The molecular formula is C15H13Cl2F2N. The van der Waals surface area contributed by atoms with Crippen molar-refractivity contribution in [2.75, 3.05) is 0 Å². The van der Waals surface area contributed by atoms with Gasteiger partial charge in [0.2, 0.25) is 0 Å². The molecule has 0 aromatic heterocycles. The van der Waals surface area contributed by atoms with Gasteiger partial charge in [0.15, 0.2) is 11.6 Å². The van der Waals surface area contributed by atoms with Gasteiger partial charge in [-0.15, -0.1) is 0 Å². The summed E-state index contributed by atoms with van der Waals surface area (Å²) < 4.78 is 26.0. The summed E-state index contributed by atoms with van der Waals surface area (Å²) in [6.07, 6.45) is 0.885. The van der Waals surface area contributed by atoms with E-state index in [4.69, 9.17) is 28.9 Å². The molecule has 2 rings (SSSR count). The number of hydrogen-bond acceptors (Lipinski definition) is 1. The van der Waals surface area contributed by atoms with Crippen LogP contribution in [0.4, 0.5) is 8.78 Å². The highest BCUT2D eigenvalue weighted by molar-refractivity contribution is 6.36. The quantitative estimate of drug-likeness (QED) is 0.890. The maximum atomic E-state index is 13.1. The highest BCUT2D eigenvalue weighted by atomic mass is 35.5. The number of halogens is 4. The Labute approximate surface area is 126 Å². The minimum absolute atomic E-state index is 0.280. The van der Waals surface area contributed by atoms with Gasteiger partial charge in [-0.05, 0) is 48.2 Å². The monoisotopic (exact) mass is 315 g/mol. The SMILES string of the molecule is NC(Cc1ccc(F)c(F)c1)Cc1c(Cl)cccc1Cl. The molecule has 0 radical (unpaired) electrons. The smallest absolute Gasteiger partial charge is 0.159 e. The zero-order valence-corrected chi connectivity index (χ0v) is 12.1. The Balaban J connectivity index is 2.09. The van der Waals surface area contributed by atoms with Crippen molar-refractivity contribution in [2.45, 2.75) is 18.9 Å². The minimum atomic E-state index is -0.870. The molecule has 0 saturated heterocycles. The van der Waals surface area contributed by atoms with Gasteiger partial charge in [-0.3, -0.25) is 0 Å². The summed E-state index contributed by atoms with van der Waals surface area (Å²) in [4.78, 5) is 0. The maximum Gasteiger partial charge on any atom is 0.159 e. The summed E-state index contributed by atoms with van der Waals surface area (Å²) in [5.74, 6) is -1.73. The summed E-state index contributed by atoms with van der Waals surface area (Å²) in [5, 5.41) is 1.11. The molecule has 2 N–H and O–H groups in total. The van der Waals surface area contributed by atoms with Crippen LogP contribution >= 0.6 is 23.2 Å². The lowest BCUT2D eigenvalue weighted by molar-refractivity contribution is 0.506. The molecule has 0 heterocycles. The Kier molecular flexibility index (Phi) is 4.97. The van der Waals surface area contributed by atoms with Crippen molar-refractivity contribution in [3.05, 3.63) is 69.2 Å². The highest BCUT2D eigenvalue weighted by Crippen LogP contribution is 2.25. The molecule has 2 aromatic rings. The lowest BCUT2D eigenvalue weighted by Crippen LogP contribution is -2.26. The molecule has 1 unspecified atom stereocenters. The lowest BCUT2D eigenvalue weighted by Gasteiger charge is -2.14. The molecule has 0 aliphatic carbocycles. The second kappa shape index (κ2) is 6.53. The summed E-state index contributed by atoms with van der Waals surface area (Å²) in [5.41, 5.74) is 7.44. The van der Waals surface area contributed by atoms with Crippen LogP contribution in [0.3, 0.4) is 0 Å². The molecule has 5 heteroatoms. The highest BCUT2D eigenvalue weighted by Gasteiger charge is 2.12. The second-order valence-corrected chi connectivity index (χ2v) is 5.43. The number of nitrogens with two attached hydrogens (primary N) is 1. The van der Waals surface area contributed by atoms with Crippen molar-refractivity contribution >= 4 is 23.2 Å². The third-order valence-corrected chi connectivity index (χ3v) is 3.72. The molecular weight excluding hydrogens is 303 g/mol. The summed E-state index contributed by atoms with van der Waals surface area (Å²) >= 11 is 12.1. The molecule has 20 heavy (non-hydrogen) atoms. The number of rotatable bonds is 4. The van der Waals surface area contributed by atoms with Crippen LogP contribution in [0.1, 0.15) is 11.1 Å². The molecule has 0 aliphatic rings. The van der Waals surface area contributed by atoms with E-state index in [0.717, 1.165) is 17.7 Å². The zero-order chi connectivity index (χ0) is 14.7. The van der Waals surface area contributed by atoms with Crippen LogP contribution < -0.4 is 5.73 Å². The van der Waals surface area contributed by atoms with E-state index in [1.807, 2.05) is 0 Å². The van der Waals surface area contributed by atoms with Gasteiger partial charge in [-0.2, -0.15) is 0 Å². The molecule has 106 valence electrons. The van der Waals surface area contributed by atoms with Crippen LogP contribution in [0.25, 0.3) is 0 Å². The third-order valence-electron chi connectivity index (χ3n) is 3.01. The molecule has 0 spiro atoms. The van der Waals surface area contributed by atoms with E-state index < -0.39 is 11.6 Å². The lowest BCUT2D eigenvalue weighted by atomic mass is 9.99. The first-order valence-corrected chi connectivity index (χ1v) is 6.85. The summed E-state index contributed by atoms with van der Waals surface area (Å²) in [6, 6.07) is 8.74. The minimum Gasteiger partial charge on any atom is -0.327 e. The number of benzene rings is 2. The van der Waals surface area contributed by atoms with Crippen molar-refractivity contribution in [3.63, 3.8) is 0 Å². The van der Waals surface area contributed by atoms with Crippen LogP contribution in [0.2, 0.25) is 10.0 Å². The Morgan fingerprint density at radius 2 is 1.60 bits per heavy atom. The molecule has 0 bridgehead atoms. The van der Waals surface area contributed by atoms with Gasteiger partial charge in [0.25, 0.3) is 0 Å². The van der Waals surface area contributed by atoms with Gasteiger partial charge in [0, 0.05) is 16.1 Å². The van der Waals surface area contributed by atoms with Crippen LogP contribution in [0, 0.1) is 11.6 Å². The zero-order valence-electron chi connectivity index (χ0n) is 10.5. The Hall–Kier alpha value is -1.16.